The topological polar surface area (TPSA) is 59.4 Å². The van der Waals surface area contributed by atoms with E-state index in [2.05, 4.69) is 9.72 Å². The largest absolute Gasteiger partial charge is 0.467 e. The number of aliphatic hydroxyl groups excluding tert-OH is 1. The molecule has 1 unspecified atom stereocenters. The molecule has 0 aliphatic heterocycles. The lowest BCUT2D eigenvalue weighted by Gasteiger charge is -2.07. The number of pyridine rings is 1. The van der Waals surface area contributed by atoms with E-state index in [0.29, 0.717) is 0 Å². The van der Waals surface area contributed by atoms with Crippen LogP contribution in [0.1, 0.15) is 11.7 Å². The number of carbonyl (C=O) groups excluding carboxylic acids is 1. The zero-order valence-corrected chi connectivity index (χ0v) is 6.90. The second kappa shape index (κ2) is 3.95. The van der Waals surface area contributed by atoms with E-state index in [4.69, 9.17) is 0 Å². The highest BCUT2D eigenvalue weighted by Gasteiger charge is 2.18. The number of esters is 1. The van der Waals surface area contributed by atoms with Crippen LogP contribution in [0.4, 0.5) is 4.39 Å². The molecule has 1 N–H and O–H groups in total. The van der Waals surface area contributed by atoms with Crippen molar-refractivity contribution in [2.45, 2.75) is 6.10 Å². The Hall–Kier alpha value is -1.49. The van der Waals surface area contributed by atoms with Crippen LogP contribution in [0.5, 0.6) is 0 Å². The molecule has 0 aliphatic carbocycles. The summed E-state index contributed by atoms with van der Waals surface area (Å²) in [4.78, 5) is 14.3. The van der Waals surface area contributed by atoms with Crippen LogP contribution in [0.15, 0.2) is 18.5 Å². The summed E-state index contributed by atoms with van der Waals surface area (Å²) in [6.45, 7) is 0. The van der Waals surface area contributed by atoms with Crippen molar-refractivity contribution in [1.82, 2.24) is 4.98 Å². The number of carbonyl (C=O) groups is 1. The molecule has 0 bridgehead atoms. The first-order valence-electron chi connectivity index (χ1n) is 3.51. The zero-order chi connectivity index (χ0) is 9.84. The minimum atomic E-state index is -1.48. The molecule has 1 aromatic rings. The number of aliphatic hydroxyl groups is 1. The Bertz CT molecular complexity index is 316. The summed E-state index contributed by atoms with van der Waals surface area (Å²) in [6.07, 6.45) is 0.700. The molecule has 0 fully saturated rings. The predicted octanol–water partition coefficient (Wildman–Crippen LogP) is 0.427. The fourth-order valence-electron chi connectivity index (χ4n) is 0.826. The minimum absolute atomic E-state index is 0.0758. The Kier molecular flexibility index (Phi) is 2.92. The normalized spacial score (nSPS) is 12.2. The molecule has 13 heavy (non-hydrogen) atoms. The van der Waals surface area contributed by atoms with Crippen molar-refractivity contribution in [3.63, 3.8) is 0 Å². The molecular formula is C8H8FNO3. The molecule has 1 aromatic heterocycles. The number of ether oxygens (including phenoxy) is 1. The monoisotopic (exact) mass is 185 g/mol. The highest BCUT2D eigenvalue weighted by atomic mass is 19.1. The Balaban J connectivity index is 2.88. The third kappa shape index (κ3) is 2.22. The number of rotatable bonds is 2. The molecule has 0 radical (unpaired) electrons. The van der Waals surface area contributed by atoms with Crippen LogP contribution in [0, 0.1) is 5.82 Å². The van der Waals surface area contributed by atoms with E-state index in [0.717, 1.165) is 19.4 Å². The standard InChI is InChI=1S/C8H8FNO3/c1-13-8(12)7(11)5-2-6(9)4-10-3-5/h2-4,7,11H,1H3. The van der Waals surface area contributed by atoms with E-state index in [9.17, 15) is 14.3 Å². The van der Waals surface area contributed by atoms with Crippen molar-refractivity contribution in [1.29, 1.82) is 0 Å². The van der Waals surface area contributed by atoms with Gasteiger partial charge < -0.3 is 9.84 Å². The first kappa shape index (κ1) is 9.60. The first-order chi connectivity index (χ1) is 6.15. The van der Waals surface area contributed by atoms with E-state index in [1.165, 1.54) is 6.20 Å². The predicted molar refractivity (Wildman–Crippen MR) is 41.2 cm³/mol. The lowest BCUT2D eigenvalue weighted by molar-refractivity contribution is -0.150. The summed E-state index contributed by atoms with van der Waals surface area (Å²) >= 11 is 0. The summed E-state index contributed by atoms with van der Waals surface area (Å²) in [7, 11) is 1.14. The van der Waals surface area contributed by atoms with E-state index in [-0.39, 0.29) is 5.56 Å². The van der Waals surface area contributed by atoms with Gasteiger partial charge in [-0.3, -0.25) is 4.98 Å². The van der Waals surface area contributed by atoms with Crippen molar-refractivity contribution in [3.05, 3.63) is 29.8 Å². The van der Waals surface area contributed by atoms with Gasteiger partial charge in [-0.2, -0.15) is 0 Å². The number of hydrogen-bond donors (Lipinski definition) is 1. The molecule has 0 saturated heterocycles. The molecule has 0 aliphatic rings. The van der Waals surface area contributed by atoms with E-state index in [1.807, 2.05) is 0 Å². The van der Waals surface area contributed by atoms with E-state index in [1.54, 1.807) is 0 Å². The highest BCUT2D eigenvalue weighted by molar-refractivity contribution is 5.75. The van der Waals surface area contributed by atoms with Gasteiger partial charge in [0.25, 0.3) is 0 Å². The number of hydrogen-bond acceptors (Lipinski definition) is 4. The molecule has 4 nitrogen and oxygen atoms in total. The van der Waals surface area contributed by atoms with Gasteiger partial charge in [0, 0.05) is 11.8 Å². The summed E-state index contributed by atoms with van der Waals surface area (Å²) in [5.41, 5.74) is 0.0758. The smallest absolute Gasteiger partial charge is 0.339 e. The van der Waals surface area contributed by atoms with Gasteiger partial charge in [-0.05, 0) is 6.07 Å². The van der Waals surface area contributed by atoms with Crippen molar-refractivity contribution in [3.8, 4) is 0 Å². The van der Waals surface area contributed by atoms with Gasteiger partial charge in [-0.25, -0.2) is 9.18 Å². The maximum absolute atomic E-state index is 12.6. The zero-order valence-electron chi connectivity index (χ0n) is 6.90. The number of nitrogens with zero attached hydrogens (tertiary/aromatic N) is 1. The summed E-state index contributed by atoms with van der Waals surface area (Å²) in [5.74, 6) is -1.45. The van der Waals surface area contributed by atoms with Crippen LogP contribution >= 0.6 is 0 Å². The van der Waals surface area contributed by atoms with E-state index >= 15 is 0 Å². The molecule has 1 rings (SSSR count). The molecule has 0 amide bonds. The maximum Gasteiger partial charge on any atom is 0.339 e. The van der Waals surface area contributed by atoms with Crippen molar-refractivity contribution >= 4 is 5.97 Å². The Labute approximate surface area is 74.0 Å². The molecule has 70 valence electrons. The van der Waals surface area contributed by atoms with Crippen LogP contribution in [-0.2, 0) is 9.53 Å². The van der Waals surface area contributed by atoms with Gasteiger partial charge in [-0.15, -0.1) is 0 Å². The van der Waals surface area contributed by atoms with Gasteiger partial charge in [0.15, 0.2) is 6.10 Å². The van der Waals surface area contributed by atoms with Crippen molar-refractivity contribution in [2.24, 2.45) is 0 Å². The Morgan fingerprint density at radius 2 is 2.38 bits per heavy atom. The second-order valence-electron chi connectivity index (χ2n) is 2.36. The van der Waals surface area contributed by atoms with Gasteiger partial charge in [0.1, 0.15) is 5.82 Å². The lowest BCUT2D eigenvalue weighted by atomic mass is 10.2. The fraction of sp³-hybridized carbons (Fsp3) is 0.250. The lowest BCUT2D eigenvalue weighted by Crippen LogP contribution is -2.13. The molecule has 0 aromatic carbocycles. The summed E-state index contributed by atoms with van der Waals surface area (Å²) in [6, 6.07) is 1.02. The van der Waals surface area contributed by atoms with Crippen molar-refractivity contribution in [2.75, 3.05) is 7.11 Å². The number of aromatic nitrogens is 1. The van der Waals surface area contributed by atoms with Crippen LogP contribution in [0.2, 0.25) is 0 Å². The molecule has 0 spiro atoms. The molecule has 1 heterocycles. The first-order valence-corrected chi connectivity index (χ1v) is 3.51. The fourth-order valence-corrected chi connectivity index (χ4v) is 0.826. The quantitative estimate of drug-likeness (QED) is 0.678. The summed E-state index contributed by atoms with van der Waals surface area (Å²) in [5, 5.41) is 9.23. The molecule has 0 saturated carbocycles. The third-order valence-corrected chi connectivity index (χ3v) is 1.47. The summed E-state index contributed by atoms with van der Waals surface area (Å²) < 4.78 is 16.8. The SMILES string of the molecule is COC(=O)C(O)c1cncc(F)c1. The molecule has 5 heteroatoms. The number of methoxy groups -OCH3 is 1. The average molecular weight is 185 g/mol. The maximum atomic E-state index is 12.6. The van der Waals surface area contributed by atoms with Gasteiger partial charge in [0.05, 0.1) is 13.3 Å². The van der Waals surface area contributed by atoms with Gasteiger partial charge in [0.2, 0.25) is 0 Å². The van der Waals surface area contributed by atoms with Crippen LogP contribution in [0.25, 0.3) is 0 Å². The molecule has 1 atom stereocenters. The Morgan fingerprint density at radius 3 is 2.92 bits per heavy atom. The number of halogens is 1. The van der Waals surface area contributed by atoms with Crippen LogP contribution in [-0.4, -0.2) is 23.2 Å². The van der Waals surface area contributed by atoms with Gasteiger partial charge in [-0.1, -0.05) is 0 Å². The second-order valence-corrected chi connectivity index (χ2v) is 2.36. The van der Waals surface area contributed by atoms with Crippen molar-refractivity contribution < 1.29 is 19.0 Å². The third-order valence-electron chi connectivity index (χ3n) is 1.47. The van der Waals surface area contributed by atoms with Gasteiger partial charge >= 0.3 is 5.97 Å². The Morgan fingerprint density at radius 1 is 1.69 bits per heavy atom. The average Bonchev–Trinajstić information content (AvgIpc) is 2.15. The van der Waals surface area contributed by atoms with E-state index < -0.39 is 17.9 Å². The van der Waals surface area contributed by atoms with Crippen LogP contribution < -0.4 is 0 Å². The molecular weight excluding hydrogens is 177 g/mol. The van der Waals surface area contributed by atoms with Crippen LogP contribution in [0.3, 0.4) is 0 Å². The highest BCUT2D eigenvalue weighted by Crippen LogP contribution is 2.13. The minimum Gasteiger partial charge on any atom is -0.467 e.